The molecular formula is C23H19N3O3. The molecule has 2 aliphatic heterocycles. The van der Waals surface area contributed by atoms with Crippen LogP contribution in [0.5, 0.6) is 5.75 Å². The SMILES string of the molecule is O=C(c1cccc(O)c1)N1CCC2(C(=O)Nc3ccccc32)C1c1cccnc1. The number of carbonyl (C=O) groups is 2. The van der Waals surface area contributed by atoms with Crippen LogP contribution >= 0.6 is 0 Å². The zero-order chi connectivity index (χ0) is 20.0. The van der Waals surface area contributed by atoms with Crippen molar-refractivity contribution in [2.45, 2.75) is 17.9 Å². The number of aromatic nitrogens is 1. The molecule has 0 radical (unpaired) electrons. The number of benzene rings is 2. The van der Waals surface area contributed by atoms with Gasteiger partial charge in [0.2, 0.25) is 5.91 Å². The number of likely N-dealkylation sites (tertiary alicyclic amines) is 1. The van der Waals surface area contributed by atoms with E-state index in [9.17, 15) is 14.7 Å². The molecule has 2 aliphatic rings. The van der Waals surface area contributed by atoms with Crippen molar-refractivity contribution in [3.8, 4) is 5.75 Å². The van der Waals surface area contributed by atoms with E-state index in [0.717, 1.165) is 16.8 Å². The van der Waals surface area contributed by atoms with E-state index in [1.54, 1.807) is 29.4 Å². The highest BCUT2D eigenvalue weighted by Gasteiger charge is 2.59. The molecule has 0 aliphatic carbocycles. The van der Waals surface area contributed by atoms with Gasteiger partial charge < -0.3 is 15.3 Å². The number of aromatic hydroxyl groups is 1. The first kappa shape index (κ1) is 17.4. The molecule has 1 fully saturated rings. The van der Waals surface area contributed by atoms with Crippen LogP contribution in [-0.4, -0.2) is 33.3 Å². The second-order valence-corrected chi connectivity index (χ2v) is 7.46. The maximum atomic E-state index is 13.4. The van der Waals surface area contributed by atoms with Gasteiger partial charge in [-0.2, -0.15) is 0 Å². The maximum Gasteiger partial charge on any atom is 0.254 e. The lowest BCUT2D eigenvalue weighted by atomic mass is 9.73. The molecule has 2 amide bonds. The molecule has 0 saturated carbocycles. The number of hydrogen-bond acceptors (Lipinski definition) is 4. The van der Waals surface area contributed by atoms with Gasteiger partial charge in [-0.3, -0.25) is 14.6 Å². The summed E-state index contributed by atoms with van der Waals surface area (Å²) in [5.41, 5.74) is 2.03. The lowest BCUT2D eigenvalue weighted by Gasteiger charge is -2.34. The summed E-state index contributed by atoms with van der Waals surface area (Å²) >= 11 is 0. The normalized spacial score (nSPS) is 22.6. The Labute approximate surface area is 167 Å². The molecule has 2 N–H and O–H groups in total. The van der Waals surface area contributed by atoms with Crippen LogP contribution in [0.2, 0.25) is 0 Å². The molecule has 3 heterocycles. The smallest absolute Gasteiger partial charge is 0.254 e. The highest BCUT2D eigenvalue weighted by molar-refractivity contribution is 6.08. The van der Waals surface area contributed by atoms with Gasteiger partial charge in [0.25, 0.3) is 5.91 Å². The van der Waals surface area contributed by atoms with E-state index in [1.807, 2.05) is 36.4 Å². The molecule has 0 bridgehead atoms. The van der Waals surface area contributed by atoms with Gasteiger partial charge in [-0.25, -0.2) is 0 Å². The van der Waals surface area contributed by atoms with Crippen molar-refractivity contribution in [2.24, 2.45) is 0 Å². The molecule has 6 heteroatoms. The van der Waals surface area contributed by atoms with E-state index < -0.39 is 11.5 Å². The molecular weight excluding hydrogens is 366 g/mol. The van der Waals surface area contributed by atoms with Crippen LogP contribution in [0.4, 0.5) is 5.69 Å². The van der Waals surface area contributed by atoms with Gasteiger partial charge in [-0.05, 0) is 47.9 Å². The molecule has 1 aromatic heterocycles. The van der Waals surface area contributed by atoms with Crippen LogP contribution in [0.15, 0.2) is 73.1 Å². The van der Waals surface area contributed by atoms with Gasteiger partial charge in [0.1, 0.15) is 11.2 Å². The van der Waals surface area contributed by atoms with Crippen LogP contribution in [0.3, 0.4) is 0 Å². The zero-order valence-electron chi connectivity index (χ0n) is 15.6. The Morgan fingerprint density at radius 3 is 2.79 bits per heavy atom. The predicted molar refractivity (Wildman–Crippen MR) is 107 cm³/mol. The highest BCUT2D eigenvalue weighted by atomic mass is 16.3. The first-order chi connectivity index (χ1) is 14.1. The summed E-state index contributed by atoms with van der Waals surface area (Å²) in [5, 5.41) is 12.8. The number of pyridine rings is 1. The predicted octanol–water partition coefficient (Wildman–Crippen LogP) is 3.26. The Balaban J connectivity index is 1.67. The van der Waals surface area contributed by atoms with E-state index >= 15 is 0 Å². The molecule has 1 saturated heterocycles. The lowest BCUT2D eigenvalue weighted by Crippen LogP contribution is -2.42. The van der Waals surface area contributed by atoms with Crippen LogP contribution in [-0.2, 0) is 10.2 Å². The van der Waals surface area contributed by atoms with Crippen LogP contribution in [0.1, 0.15) is 33.9 Å². The monoisotopic (exact) mass is 385 g/mol. The van der Waals surface area contributed by atoms with Crippen molar-refractivity contribution < 1.29 is 14.7 Å². The van der Waals surface area contributed by atoms with Crippen LogP contribution < -0.4 is 5.32 Å². The Morgan fingerprint density at radius 1 is 1.14 bits per heavy atom. The largest absolute Gasteiger partial charge is 0.508 e. The third kappa shape index (κ3) is 2.52. The minimum absolute atomic E-state index is 0.0339. The van der Waals surface area contributed by atoms with Gasteiger partial charge in [-0.15, -0.1) is 0 Å². The minimum Gasteiger partial charge on any atom is -0.508 e. The summed E-state index contributed by atoms with van der Waals surface area (Å²) in [6.45, 7) is 0.426. The number of nitrogens with zero attached hydrogens (tertiary/aromatic N) is 2. The zero-order valence-corrected chi connectivity index (χ0v) is 15.6. The lowest BCUT2D eigenvalue weighted by molar-refractivity contribution is -0.121. The number of anilines is 1. The minimum atomic E-state index is -0.869. The fraction of sp³-hybridized carbons (Fsp3) is 0.174. The fourth-order valence-corrected chi connectivity index (χ4v) is 4.71. The molecule has 2 unspecified atom stereocenters. The Hall–Kier alpha value is -3.67. The Bertz CT molecular complexity index is 1120. The molecule has 1 spiro atoms. The fourth-order valence-electron chi connectivity index (χ4n) is 4.71. The van der Waals surface area contributed by atoms with E-state index in [4.69, 9.17) is 0 Å². The van der Waals surface area contributed by atoms with Gasteiger partial charge >= 0.3 is 0 Å². The van der Waals surface area contributed by atoms with Gasteiger partial charge in [-0.1, -0.05) is 30.3 Å². The number of hydrogen-bond donors (Lipinski definition) is 2. The molecule has 2 atom stereocenters. The van der Waals surface area contributed by atoms with Crippen molar-refractivity contribution >= 4 is 17.5 Å². The summed E-state index contributed by atoms with van der Waals surface area (Å²) in [6, 6.07) is 17.2. The van der Waals surface area contributed by atoms with Gasteiger partial charge in [0.05, 0.1) is 6.04 Å². The summed E-state index contributed by atoms with van der Waals surface area (Å²) in [7, 11) is 0. The first-order valence-electron chi connectivity index (χ1n) is 9.52. The van der Waals surface area contributed by atoms with Crippen molar-refractivity contribution in [1.82, 2.24) is 9.88 Å². The van der Waals surface area contributed by atoms with E-state index in [2.05, 4.69) is 10.3 Å². The number of phenolic OH excluding ortho intramolecular Hbond substituents is 1. The van der Waals surface area contributed by atoms with Crippen LogP contribution in [0.25, 0.3) is 0 Å². The quantitative estimate of drug-likeness (QED) is 0.709. The summed E-state index contributed by atoms with van der Waals surface area (Å²) < 4.78 is 0. The maximum absolute atomic E-state index is 13.4. The second kappa shape index (κ2) is 6.44. The molecule has 6 nitrogen and oxygen atoms in total. The third-order valence-electron chi connectivity index (χ3n) is 5.94. The average molecular weight is 385 g/mol. The van der Waals surface area contributed by atoms with Crippen molar-refractivity contribution in [3.63, 3.8) is 0 Å². The number of rotatable bonds is 2. The van der Waals surface area contributed by atoms with Crippen LogP contribution in [0, 0.1) is 0 Å². The molecule has 144 valence electrons. The average Bonchev–Trinajstić information content (AvgIpc) is 3.28. The molecule has 2 aromatic carbocycles. The van der Waals surface area contributed by atoms with Gasteiger partial charge in [0, 0.05) is 30.2 Å². The molecule has 29 heavy (non-hydrogen) atoms. The first-order valence-corrected chi connectivity index (χ1v) is 9.52. The Kier molecular flexibility index (Phi) is 3.87. The highest BCUT2D eigenvalue weighted by Crippen LogP contribution is 2.54. The van der Waals surface area contributed by atoms with Gasteiger partial charge in [0.15, 0.2) is 0 Å². The number of amides is 2. The van der Waals surface area contributed by atoms with Crippen molar-refractivity contribution in [3.05, 3.63) is 89.7 Å². The van der Waals surface area contributed by atoms with Crippen molar-refractivity contribution in [2.75, 3.05) is 11.9 Å². The molecule has 5 rings (SSSR count). The second-order valence-electron chi connectivity index (χ2n) is 7.46. The third-order valence-corrected chi connectivity index (χ3v) is 5.94. The molecule has 3 aromatic rings. The number of phenols is 1. The van der Waals surface area contributed by atoms with E-state index in [-0.39, 0.29) is 17.6 Å². The standard InChI is InChI=1S/C23H19N3O3/c27-17-7-3-5-15(13-17)21(28)26-12-10-23(20(26)16-6-4-11-24-14-16)18-8-1-2-9-19(18)25-22(23)29/h1-9,11,13-14,20,27H,10,12H2,(H,25,29). The van der Waals surface area contributed by atoms with Crippen molar-refractivity contribution in [1.29, 1.82) is 0 Å². The number of nitrogens with one attached hydrogen (secondary N) is 1. The summed E-state index contributed by atoms with van der Waals surface area (Å²) in [5.74, 6) is -0.283. The van der Waals surface area contributed by atoms with E-state index in [1.165, 1.54) is 12.1 Å². The number of para-hydroxylation sites is 1. The van der Waals surface area contributed by atoms with E-state index in [0.29, 0.717) is 18.5 Å². The Morgan fingerprint density at radius 2 is 2.00 bits per heavy atom. The summed E-state index contributed by atoms with van der Waals surface area (Å²) in [6.07, 6.45) is 3.91. The number of carbonyl (C=O) groups excluding carboxylic acids is 2. The number of fused-ring (bicyclic) bond motifs is 2. The summed E-state index contributed by atoms with van der Waals surface area (Å²) in [4.78, 5) is 32.7. The topological polar surface area (TPSA) is 82.5 Å².